The zero-order chi connectivity index (χ0) is 15.5. The summed E-state index contributed by atoms with van der Waals surface area (Å²) >= 11 is 1.36. The Hall–Kier alpha value is -2.47. The molecule has 2 heterocycles. The molecule has 1 atom stereocenters. The predicted octanol–water partition coefficient (Wildman–Crippen LogP) is 2.34. The number of aromatic nitrogens is 2. The first-order valence-corrected chi connectivity index (χ1v) is 7.81. The first kappa shape index (κ1) is 14.5. The summed E-state index contributed by atoms with van der Waals surface area (Å²) in [4.78, 5) is 24.3. The van der Waals surface area contributed by atoms with E-state index in [-0.39, 0.29) is 24.1 Å². The van der Waals surface area contributed by atoms with E-state index in [0.29, 0.717) is 4.70 Å². The van der Waals surface area contributed by atoms with Gasteiger partial charge in [0.15, 0.2) is 0 Å². The molecule has 1 aromatic carbocycles. The largest absolute Gasteiger partial charge is 0.348 e. The fraction of sp³-hybridized carbons (Fsp3) is 0.188. The molecule has 0 bridgehead atoms. The van der Waals surface area contributed by atoms with Crippen LogP contribution in [-0.4, -0.2) is 15.7 Å². The number of nitrogens with one attached hydrogen (secondary N) is 1. The summed E-state index contributed by atoms with van der Waals surface area (Å²) in [5.41, 5.74) is 0.792. The number of carbonyl (C=O) groups is 1. The number of thiophene rings is 1. The Labute approximate surface area is 131 Å². The van der Waals surface area contributed by atoms with E-state index >= 15 is 0 Å². The van der Waals surface area contributed by atoms with Crippen molar-refractivity contribution in [3.63, 3.8) is 0 Å². The maximum absolute atomic E-state index is 12.2. The fourth-order valence-electron chi connectivity index (χ4n) is 2.26. The van der Waals surface area contributed by atoms with Gasteiger partial charge in [-0.15, -0.1) is 11.3 Å². The number of rotatable bonds is 4. The van der Waals surface area contributed by atoms with Crippen molar-refractivity contribution in [2.75, 3.05) is 0 Å². The van der Waals surface area contributed by atoms with Gasteiger partial charge in [0.25, 0.3) is 5.56 Å². The van der Waals surface area contributed by atoms with E-state index < -0.39 is 0 Å². The Bertz CT molecular complexity index is 854. The normalized spacial score (nSPS) is 12.2. The lowest BCUT2D eigenvalue weighted by atomic mass is 10.1. The number of hydrogen-bond donors (Lipinski definition) is 1. The summed E-state index contributed by atoms with van der Waals surface area (Å²) in [6.45, 7) is 1.83. The van der Waals surface area contributed by atoms with Gasteiger partial charge < -0.3 is 5.32 Å². The lowest BCUT2D eigenvalue weighted by Gasteiger charge is -2.14. The molecule has 112 valence electrons. The van der Waals surface area contributed by atoms with E-state index in [2.05, 4.69) is 10.4 Å². The average Bonchev–Trinajstić information content (AvgIpc) is 3.00. The highest BCUT2D eigenvalue weighted by molar-refractivity contribution is 7.17. The van der Waals surface area contributed by atoms with E-state index in [9.17, 15) is 9.59 Å². The molecule has 1 amide bonds. The van der Waals surface area contributed by atoms with Crippen LogP contribution in [0.3, 0.4) is 0 Å². The molecule has 0 aliphatic carbocycles. The highest BCUT2D eigenvalue weighted by Gasteiger charge is 2.12. The van der Waals surface area contributed by atoms with Crippen molar-refractivity contribution >= 4 is 27.3 Å². The monoisotopic (exact) mass is 313 g/mol. The highest BCUT2D eigenvalue weighted by Crippen LogP contribution is 2.14. The summed E-state index contributed by atoms with van der Waals surface area (Å²) < 4.78 is 1.82. The number of carbonyl (C=O) groups excluding carboxylic acids is 1. The Kier molecular flexibility index (Phi) is 4.02. The molecule has 22 heavy (non-hydrogen) atoms. The lowest BCUT2D eigenvalue weighted by molar-refractivity contribution is -0.122. The van der Waals surface area contributed by atoms with E-state index in [1.807, 2.05) is 48.7 Å². The van der Waals surface area contributed by atoms with Gasteiger partial charge in [0, 0.05) is 5.39 Å². The van der Waals surface area contributed by atoms with Crippen molar-refractivity contribution < 1.29 is 4.79 Å². The zero-order valence-electron chi connectivity index (χ0n) is 12.0. The molecular formula is C16H15N3O2S. The molecule has 2 aromatic heterocycles. The average molecular weight is 313 g/mol. The minimum Gasteiger partial charge on any atom is -0.348 e. The maximum Gasteiger partial charge on any atom is 0.285 e. The van der Waals surface area contributed by atoms with E-state index in [4.69, 9.17) is 0 Å². The second kappa shape index (κ2) is 6.11. The quantitative estimate of drug-likeness (QED) is 0.804. The third-order valence-electron chi connectivity index (χ3n) is 3.43. The molecular weight excluding hydrogens is 298 g/mol. The van der Waals surface area contributed by atoms with Gasteiger partial charge in [-0.3, -0.25) is 9.59 Å². The first-order valence-electron chi connectivity index (χ1n) is 6.93. The van der Waals surface area contributed by atoms with Gasteiger partial charge in [-0.1, -0.05) is 30.3 Å². The smallest absolute Gasteiger partial charge is 0.285 e. The second-order valence-electron chi connectivity index (χ2n) is 5.01. The van der Waals surface area contributed by atoms with Crippen LogP contribution in [0.4, 0.5) is 0 Å². The molecule has 6 heteroatoms. The molecule has 0 spiro atoms. The molecule has 0 aliphatic heterocycles. The molecule has 0 saturated heterocycles. The Morgan fingerprint density at radius 2 is 2.09 bits per heavy atom. The highest BCUT2D eigenvalue weighted by atomic mass is 32.1. The Morgan fingerprint density at radius 3 is 2.86 bits per heavy atom. The molecule has 3 rings (SSSR count). The molecule has 0 unspecified atom stereocenters. The maximum atomic E-state index is 12.2. The summed E-state index contributed by atoms with van der Waals surface area (Å²) in [6, 6.07) is 11.4. The minimum atomic E-state index is -0.234. The molecule has 5 nitrogen and oxygen atoms in total. The van der Waals surface area contributed by atoms with Gasteiger partial charge in [-0.2, -0.15) is 5.10 Å². The van der Waals surface area contributed by atoms with Crippen LogP contribution in [0.1, 0.15) is 18.5 Å². The third kappa shape index (κ3) is 2.92. The SMILES string of the molecule is C[C@@H](NC(=O)Cn1ncc2ccsc2c1=O)c1ccccc1. The van der Waals surface area contributed by atoms with Crippen molar-refractivity contribution in [3.05, 3.63) is 63.9 Å². The van der Waals surface area contributed by atoms with Gasteiger partial charge >= 0.3 is 0 Å². The number of benzene rings is 1. The molecule has 0 fully saturated rings. The summed E-state index contributed by atoms with van der Waals surface area (Å²) in [5.74, 6) is -0.234. The van der Waals surface area contributed by atoms with Crippen molar-refractivity contribution in [1.29, 1.82) is 0 Å². The zero-order valence-corrected chi connectivity index (χ0v) is 12.8. The van der Waals surface area contributed by atoms with Crippen molar-refractivity contribution in [3.8, 4) is 0 Å². The van der Waals surface area contributed by atoms with Gasteiger partial charge in [0.2, 0.25) is 5.91 Å². The van der Waals surface area contributed by atoms with Gasteiger partial charge in [-0.25, -0.2) is 4.68 Å². The van der Waals surface area contributed by atoms with Crippen molar-refractivity contribution in [2.24, 2.45) is 0 Å². The standard InChI is InChI=1S/C16H15N3O2S/c1-11(12-5-3-2-4-6-12)18-14(20)10-19-16(21)15-13(9-17-19)7-8-22-15/h2-9,11H,10H2,1H3,(H,18,20)/t11-/m1/s1. The van der Waals surface area contributed by atoms with Crippen LogP contribution in [0, 0.1) is 0 Å². The number of fused-ring (bicyclic) bond motifs is 1. The molecule has 0 saturated carbocycles. The topological polar surface area (TPSA) is 64.0 Å². The van der Waals surface area contributed by atoms with Crippen molar-refractivity contribution in [2.45, 2.75) is 19.5 Å². The molecule has 0 aliphatic rings. The van der Waals surface area contributed by atoms with Crippen LogP contribution >= 0.6 is 11.3 Å². The third-order valence-corrected chi connectivity index (χ3v) is 4.35. The summed E-state index contributed by atoms with van der Waals surface area (Å²) in [5, 5.41) is 9.58. The number of hydrogen-bond acceptors (Lipinski definition) is 4. The van der Waals surface area contributed by atoms with Gasteiger partial charge in [0.05, 0.1) is 12.2 Å². The fourth-order valence-corrected chi connectivity index (χ4v) is 3.07. The van der Waals surface area contributed by atoms with Crippen LogP contribution in [0.25, 0.3) is 10.1 Å². The molecule has 1 N–H and O–H groups in total. The van der Waals surface area contributed by atoms with Gasteiger partial charge in [0.1, 0.15) is 11.2 Å². The predicted molar refractivity (Wildman–Crippen MR) is 86.9 cm³/mol. The van der Waals surface area contributed by atoms with Gasteiger partial charge in [-0.05, 0) is 23.9 Å². The first-order chi connectivity index (χ1) is 10.6. The van der Waals surface area contributed by atoms with E-state index in [1.54, 1.807) is 6.20 Å². The Balaban J connectivity index is 1.73. The van der Waals surface area contributed by atoms with E-state index in [1.165, 1.54) is 16.0 Å². The molecule has 3 aromatic rings. The van der Waals surface area contributed by atoms with Crippen LogP contribution in [0.5, 0.6) is 0 Å². The van der Waals surface area contributed by atoms with Crippen LogP contribution in [0.15, 0.2) is 52.8 Å². The summed E-state index contributed by atoms with van der Waals surface area (Å²) in [6.07, 6.45) is 1.61. The lowest BCUT2D eigenvalue weighted by Crippen LogP contribution is -2.34. The van der Waals surface area contributed by atoms with Crippen LogP contribution < -0.4 is 10.9 Å². The van der Waals surface area contributed by atoms with Crippen molar-refractivity contribution in [1.82, 2.24) is 15.1 Å². The minimum absolute atomic E-state index is 0.0795. The van der Waals surface area contributed by atoms with Crippen LogP contribution in [-0.2, 0) is 11.3 Å². The molecule has 0 radical (unpaired) electrons. The van der Waals surface area contributed by atoms with Crippen LogP contribution in [0.2, 0.25) is 0 Å². The Morgan fingerprint density at radius 1 is 1.32 bits per heavy atom. The summed E-state index contributed by atoms with van der Waals surface area (Å²) in [7, 11) is 0. The van der Waals surface area contributed by atoms with E-state index in [0.717, 1.165) is 10.9 Å². The number of amides is 1. The number of nitrogens with zero attached hydrogens (tertiary/aromatic N) is 2. The second-order valence-corrected chi connectivity index (χ2v) is 5.93.